The van der Waals surface area contributed by atoms with Crippen LogP contribution in [0, 0.1) is 6.92 Å². The van der Waals surface area contributed by atoms with Crippen molar-refractivity contribution >= 4 is 17.3 Å². The SMILES string of the molecule is CCOc1ccccc1Nc1cc(NCCOC)nc(C)n1. The van der Waals surface area contributed by atoms with Gasteiger partial charge in [-0.3, -0.25) is 0 Å². The number of ether oxygens (including phenoxy) is 2. The summed E-state index contributed by atoms with van der Waals surface area (Å²) in [6.45, 7) is 5.76. The average molecular weight is 302 g/mol. The molecule has 0 bridgehead atoms. The monoisotopic (exact) mass is 302 g/mol. The molecule has 1 aromatic carbocycles. The number of methoxy groups -OCH3 is 1. The molecule has 2 aromatic rings. The molecule has 0 unspecified atom stereocenters. The summed E-state index contributed by atoms with van der Waals surface area (Å²) < 4.78 is 10.6. The minimum Gasteiger partial charge on any atom is -0.492 e. The first-order valence-corrected chi connectivity index (χ1v) is 7.30. The van der Waals surface area contributed by atoms with Crippen molar-refractivity contribution in [3.8, 4) is 5.75 Å². The van der Waals surface area contributed by atoms with E-state index >= 15 is 0 Å². The number of anilines is 3. The van der Waals surface area contributed by atoms with Gasteiger partial charge in [-0.05, 0) is 26.0 Å². The van der Waals surface area contributed by atoms with E-state index in [4.69, 9.17) is 9.47 Å². The van der Waals surface area contributed by atoms with Crippen LogP contribution in [-0.4, -0.2) is 36.8 Å². The number of rotatable bonds is 8. The first-order valence-electron chi connectivity index (χ1n) is 7.30. The minimum atomic E-state index is 0.616. The molecule has 0 aliphatic heterocycles. The van der Waals surface area contributed by atoms with Crippen molar-refractivity contribution in [2.45, 2.75) is 13.8 Å². The summed E-state index contributed by atoms with van der Waals surface area (Å²) >= 11 is 0. The van der Waals surface area contributed by atoms with Crippen LogP contribution >= 0.6 is 0 Å². The van der Waals surface area contributed by atoms with Gasteiger partial charge in [-0.15, -0.1) is 0 Å². The summed E-state index contributed by atoms with van der Waals surface area (Å²) in [5.41, 5.74) is 0.880. The van der Waals surface area contributed by atoms with Crippen molar-refractivity contribution in [1.29, 1.82) is 0 Å². The molecule has 1 aromatic heterocycles. The quantitative estimate of drug-likeness (QED) is 0.731. The molecule has 2 N–H and O–H groups in total. The third-order valence-corrected chi connectivity index (χ3v) is 2.90. The summed E-state index contributed by atoms with van der Waals surface area (Å²) in [6, 6.07) is 9.65. The predicted molar refractivity (Wildman–Crippen MR) is 88.0 cm³/mol. The molecule has 0 radical (unpaired) electrons. The molecule has 0 fully saturated rings. The molecule has 0 aliphatic carbocycles. The highest BCUT2D eigenvalue weighted by Crippen LogP contribution is 2.27. The number of nitrogens with zero attached hydrogens (tertiary/aromatic N) is 2. The maximum absolute atomic E-state index is 5.61. The molecule has 0 saturated carbocycles. The van der Waals surface area contributed by atoms with Crippen LogP contribution in [0.15, 0.2) is 30.3 Å². The second-order valence-corrected chi connectivity index (χ2v) is 4.66. The van der Waals surface area contributed by atoms with Gasteiger partial charge in [0, 0.05) is 19.7 Å². The van der Waals surface area contributed by atoms with Gasteiger partial charge >= 0.3 is 0 Å². The number of aryl methyl sites for hydroxylation is 1. The second kappa shape index (κ2) is 8.19. The first kappa shape index (κ1) is 16.0. The van der Waals surface area contributed by atoms with Crippen LogP contribution in [-0.2, 0) is 4.74 Å². The molecule has 6 nitrogen and oxygen atoms in total. The summed E-state index contributed by atoms with van der Waals surface area (Å²) in [6.07, 6.45) is 0. The Morgan fingerprint density at radius 2 is 1.91 bits per heavy atom. The number of nitrogens with one attached hydrogen (secondary N) is 2. The highest BCUT2D eigenvalue weighted by atomic mass is 16.5. The number of aromatic nitrogens is 2. The Bertz CT molecular complexity index is 604. The summed E-state index contributed by atoms with van der Waals surface area (Å²) in [5.74, 6) is 2.98. The number of para-hydroxylation sites is 2. The minimum absolute atomic E-state index is 0.616. The van der Waals surface area contributed by atoms with Gasteiger partial charge in [-0.2, -0.15) is 0 Å². The molecule has 22 heavy (non-hydrogen) atoms. The van der Waals surface area contributed by atoms with E-state index in [0.717, 1.165) is 23.1 Å². The lowest BCUT2D eigenvalue weighted by atomic mass is 10.3. The smallest absolute Gasteiger partial charge is 0.142 e. The topological polar surface area (TPSA) is 68.3 Å². The van der Waals surface area contributed by atoms with E-state index in [1.54, 1.807) is 7.11 Å². The Morgan fingerprint density at radius 1 is 1.14 bits per heavy atom. The van der Waals surface area contributed by atoms with Crippen LogP contribution in [0.3, 0.4) is 0 Å². The zero-order valence-electron chi connectivity index (χ0n) is 13.2. The number of hydrogen-bond donors (Lipinski definition) is 2. The van der Waals surface area contributed by atoms with Crippen LogP contribution < -0.4 is 15.4 Å². The van der Waals surface area contributed by atoms with E-state index < -0.39 is 0 Å². The largest absolute Gasteiger partial charge is 0.492 e. The van der Waals surface area contributed by atoms with Crippen molar-refractivity contribution in [3.05, 3.63) is 36.2 Å². The first-order chi connectivity index (χ1) is 10.7. The van der Waals surface area contributed by atoms with Gasteiger partial charge in [0.05, 0.1) is 18.9 Å². The van der Waals surface area contributed by atoms with E-state index in [-0.39, 0.29) is 0 Å². The molecule has 0 saturated heterocycles. The van der Waals surface area contributed by atoms with Crippen LogP contribution in [0.25, 0.3) is 0 Å². The van der Waals surface area contributed by atoms with E-state index in [0.29, 0.717) is 25.6 Å². The predicted octanol–water partition coefficient (Wildman–Crippen LogP) is 2.99. The molecule has 2 rings (SSSR count). The zero-order chi connectivity index (χ0) is 15.8. The average Bonchev–Trinajstić information content (AvgIpc) is 2.49. The van der Waals surface area contributed by atoms with Gasteiger partial charge in [-0.25, -0.2) is 9.97 Å². The number of benzene rings is 1. The lowest BCUT2D eigenvalue weighted by Gasteiger charge is -2.13. The van der Waals surface area contributed by atoms with Gasteiger partial charge in [0.2, 0.25) is 0 Å². The van der Waals surface area contributed by atoms with E-state index in [9.17, 15) is 0 Å². The Hall–Kier alpha value is -2.34. The summed E-state index contributed by atoms with van der Waals surface area (Å²) in [7, 11) is 1.67. The van der Waals surface area contributed by atoms with Crippen molar-refractivity contribution in [2.24, 2.45) is 0 Å². The molecule has 0 atom stereocenters. The van der Waals surface area contributed by atoms with Gasteiger partial charge in [-0.1, -0.05) is 12.1 Å². The molecule has 1 heterocycles. The molecular weight excluding hydrogens is 280 g/mol. The van der Waals surface area contributed by atoms with E-state index in [1.807, 2.05) is 44.2 Å². The highest BCUT2D eigenvalue weighted by Gasteiger charge is 2.06. The lowest BCUT2D eigenvalue weighted by Crippen LogP contribution is -2.10. The van der Waals surface area contributed by atoms with E-state index in [2.05, 4.69) is 20.6 Å². The van der Waals surface area contributed by atoms with Crippen LogP contribution in [0.4, 0.5) is 17.3 Å². The van der Waals surface area contributed by atoms with Gasteiger partial charge in [0.15, 0.2) is 0 Å². The van der Waals surface area contributed by atoms with Crippen molar-refractivity contribution < 1.29 is 9.47 Å². The fraction of sp³-hybridized carbons (Fsp3) is 0.375. The van der Waals surface area contributed by atoms with Gasteiger partial charge < -0.3 is 20.1 Å². The van der Waals surface area contributed by atoms with Crippen LogP contribution in [0.1, 0.15) is 12.7 Å². The fourth-order valence-electron chi connectivity index (χ4n) is 1.99. The Labute approximate surface area is 130 Å². The molecule has 118 valence electrons. The maximum atomic E-state index is 5.61. The van der Waals surface area contributed by atoms with E-state index in [1.165, 1.54) is 0 Å². The third-order valence-electron chi connectivity index (χ3n) is 2.90. The molecular formula is C16H22N4O2. The van der Waals surface area contributed by atoms with Gasteiger partial charge in [0.1, 0.15) is 23.2 Å². The van der Waals surface area contributed by atoms with Crippen molar-refractivity contribution in [3.63, 3.8) is 0 Å². The molecule has 6 heteroatoms. The van der Waals surface area contributed by atoms with Crippen LogP contribution in [0.2, 0.25) is 0 Å². The number of hydrogen-bond acceptors (Lipinski definition) is 6. The third kappa shape index (κ3) is 4.60. The van der Waals surface area contributed by atoms with Crippen molar-refractivity contribution in [1.82, 2.24) is 9.97 Å². The second-order valence-electron chi connectivity index (χ2n) is 4.66. The summed E-state index contributed by atoms with van der Waals surface area (Å²) in [5, 5.41) is 6.49. The fourth-order valence-corrected chi connectivity index (χ4v) is 1.99. The highest BCUT2D eigenvalue weighted by molar-refractivity contribution is 5.65. The lowest BCUT2D eigenvalue weighted by molar-refractivity contribution is 0.210. The summed E-state index contributed by atoms with van der Waals surface area (Å²) in [4.78, 5) is 8.77. The zero-order valence-corrected chi connectivity index (χ0v) is 13.2. The van der Waals surface area contributed by atoms with Crippen LogP contribution in [0.5, 0.6) is 5.75 Å². The molecule has 0 spiro atoms. The normalized spacial score (nSPS) is 10.3. The Kier molecular flexibility index (Phi) is 5.97. The van der Waals surface area contributed by atoms with Crippen molar-refractivity contribution in [2.75, 3.05) is 37.5 Å². The molecule has 0 aliphatic rings. The maximum Gasteiger partial charge on any atom is 0.142 e. The Morgan fingerprint density at radius 3 is 2.68 bits per heavy atom. The standard InChI is InChI=1S/C16H22N4O2/c1-4-22-14-8-6-5-7-13(14)20-16-11-15(17-9-10-21-3)18-12(2)19-16/h5-8,11H,4,9-10H2,1-3H3,(H2,17,18,19,20). The Balaban J connectivity index is 2.15. The molecule has 0 amide bonds. The van der Waals surface area contributed by atoms with Gasteiger partial charge in [0.25, 0.3) is 0 Å².